The van der Waals surface area contributed by atoms with Crippen molar-refractivity contribution >= 4 is 11.9 Å². The lowest BCUT2D eigenvalue weighted by molar-refractivity contribution is -0.170. The van der Waals surface area contributed by atoms with E-state index in [9.17, 15) is 14.7 Å². The van der Waals surface area contributed by atoms with Crippen LogP contribution in [0.5, 0.6) is 0 Å². The standard InChI is InChI=1S/C22H40O4/c1-5-7-8-12-17(11-6-2)15-16-22(3,4)26-21(25)19-14-10-9-13-18(19)20(23)24/h17-19H,5-16H2,1-4H3,(H,23,24). The molecule has 1 aliphatic rings. The van der Waals surface area contributed by atoms with Gasteiger partial charge < -0.3 is 9.84 Å². The topological polar surface area (TPSA) is 63.6 Å². The highest BCUT2D eigenvalue weighted by Gasteiger charge is 2.38. The van der Waals surface area contributed by atoms with Gasteiger partial charge in [-0.25, -0.2) is 0 Å². The fraction of sp³-hybridized carbons (Fsp3) is 0.909. The SMILES string of the molecule is CCCCCC(CCC)CCC(C)(C)OC(=O)C1CCCCC1C(=O)O. The van der Waals surface area contributed by atoms with E-state index in [4.69, 9.17) is 4.74 Å². The van der Waals surface area contributed by atoms with Gasteiger partial charge in [-0.2, -0.15) is 0 Å². The molecule has 0 aromatic carbocycles. The van der Waals surface area contributed by atoms with Crippen molar-refractivity contribution in [3.05, 3.63) is 0 Å². The van der Waals surface area contributed by atoms with Crippen LogP contribution in [0.2, 0.25) is 0 Å². The Labute approximate surface area is 160 Å². The molecule has 1 rings (SSSR count). The Morgan fingerprint density at radius 1 is 1.00 bits per heavy atom. The van der Waals surface area contributed by atoms with Crippen molar-refractivity contribution in [1.82, 2.24) is 0 Å². The molecular weight excluding hydrogens is 328 g/mol. The number of esters is 1. The fourth-order valence-corrected chi connectivity index (χ4v) is 4.18. The van der Waals surface area contributed by atoms with Crippen LogP contribution in [0.3, 0.4) is 0 Å². The van der Waals surface area contributed by atoms with Crippen LogP contribution in [-0.4, -0.2) is 22.6 Å². The summed E-state index contributed by atoms with van der Waals surface area (Å²) in [6.07, 6.45) is 12.5. The molecule has 0 spiro atoms. The Morgan fingerprint density at radius 3 is 2.23 bits per heavy atom. The summed E-state index contributed by atoms with van der Waals surface area (Å²) in [4.78, 5) is 24.1. The van der Waals surface area contributed by atoms with Crippen molar-refractivity contribution in [2.45, 2.75) is 110 Å². The Hall–Kier alpha value is -1.06. The molecule has 1 N–H and O–H groups in total. The number of carbonyl (C=O) groups excluding carboxylic acids is 1. The summed E-state index contributed by atoms with van der Waals surface area (Å²) in [5, 5.41) is 9.39. The van der Waals surface area contributed by atoms with Gasteiger partial charge in [-0.15, -0.1) is 0 Å². The molecule has 152 valence electrons. The first-order valence-corrected chi connectivity index (χ1v) is 10.8. The van der Waals surface area contributed by atoms with Gasteiger partial charge in [0.2, 0.25) is 0 Å². The van der Waals surface area contributed by atoms with Gasteiger partial charge in [0.1, 0.15) is 5.60 Å². The second-order valence-electron chi connectivity index (χ2n) is 8.71. The van der Waals surface area contributed by atoms with Crippen molar-refractivity contribution in [2.24, 2.45) is 17.8 Å². The molecular formula is C22H40O4. The number of carboxylic acid groups (broad SMARTS) is 1. The zero-order valence-electron chi connectivity index (χ0n) is 17.4. The van der Waals surface area contributed by atoms with Gasteiger partial charge >= 0.3 is 11.9 Å². The lowest BCUT2D eigenvalue weighted by atomic mass is 9.79. The summed E-state index contributed by atoms with van der Waals surface area (Å²) in [5.74, 6) is -1.51. The maximum absolute atomic E-state index is 12.6. The van der Waals surface area contributed by atoms with Gasteiger partial charge in [-0.1, -0.05) is 65.2 Å². The van der Waals surface area contributed by atoms with E-state index >= 15 is 0 Å². The molecule has 0 aromatic heterocycles. The summed E-state index contributed by atoms with van der Waals surface area (Å²) in [6, 6.07) is 0. The number of aliphatic carboxylic acids is 1. The van der Waals surface area contributed by atoms with Crippen molar-refractivity contribution in [2.75, 3.05) is 0 Å². The number of rotatable bonds is 12. The Balaban J connectivity index is 2.54. The smallest absolute Gasteiger partial charge is 0.310 e. The minimum absolute atomic E-state index is 0.305. The molecule has 26 heavy (non-hydrogen) atoms. The second kappa shape index (κ2) is 11.6. The molecule has 0 amide bonds. The van der Waals surface area contributed by atoms with E-state index in [1.807, 2.05) is 13.8 Å². The normalized spacial score (nSPS) is 22.0. The molecule has 0 saturated heterocycles. The summed E-state index contributed by atoms with van der Waals surface area (Å²) < 4.78 is 5.81. The Morgan fingerprint density at radius 2 is 1.65 bits per heavy atom. The van der Waals surface area contributed by atoms with E-state index in [0.29, 0.717) is 18.8 Å². The third-order valence-corrected chi connectivity index (χ3v) is 5.83. The zero-order chi connectivity index (χ0) is 19.6. The van der Waals surface area contributed by atoms with Crippen LogP contribution < -0.4 is 0 Å². The number of ether oxygens (including phenoxy) is 1. The highest BCUT2D eigenvalue weighted by atomic mass is 16.6. The van der Waals surface area contributed by atoms with Crippen LogP contribution in [0.4, 0.5) is 0 Å². The van der Waals surface area contributed by atoms with Gasteiger partial charge in [0.05, 0.1) is 11.8 Å². The molecule has 3 atom stereocenters. The van der Waals surface area contributed by atoms with Gasteiger partial charge in [-0.05, 0) is 45.4 Å². The van der Waals surface area contributed by atoms with Crippen molar-refractivity contribution in [3.63, 3.8) is 0 Å². The molecule has 0 aromatic rings. The number of carbonyl (C=O) groups is 2. The molecule has 0 heterocycles. The zero-order valence-corrected chi connectivity index (χ0v) is 17.4. The minimum atomic E-state index is -0.858. The fourth-order valence-electron chi connectivity index (χ4n) is 4.18. The second-order valence-corrected chi connectivity index (χ2v) is 8.71. The van der Waals surface area contributed by atoms with Crippen LogP contribution in [0.25, 0.3) is 0 Å². The predicted octanol–water partition coefficient (Wildman–Crippen LogP) is 5.98. The maximum Gasteiger partial charge on any atom is 0.310 e. The molecule has 3 unspecified atom stereocenters. The molecule has 1 aliphatic carbocycles. The molecule has 1 fully saturated rings. The minimum Gasteiger partial charge on any atom is -0.481 e. The van der Waals surface area contributed by atoms with Crippen LogP contribution in [0.1, 0.15) is 105 Å². The number of hydrogen-bond acceptors (Lipinski definition) is 3. The van der Waals surface area contributed by atoms with E-state index < -0.39 is 23.4 Å². The van der Waals surface area contributed by atoms with Crippen molar-refractivity contribution in [1.29, 1.82) is 0 Å². The average molecular weight is 369 g/mol. The average Bonchev–Trinajstić information content (AvgIpc) is 2.59. The Bertz CT molecular complexity index is 430. The summed E-state index contributed by atoms with van der Waals surface area (Å²) in [7, 11) is 0. The van der Waals surface area contributed by atoms with E-state index in [1.54, 1.807) is 0 Å². The van der Waals surface area contributed by atoms with Gasteiger partial charge in [0.15, 0.2) is 0 Å². The molecule has 1 saturated carbocycles. The lowest BCUT2D eigenvalue weighted by Crippen LogP contribution is -2.38. The van der Waals surface area contributed by atoms with Crippen molar-refractivity contribution < 1.29 is 19.4 Å². The number of hydrogen-bond donors (Lipinski definition) is 1. The highest BCUT2D eigenvalue weighted by molar-refractivity contribution is 5.81. The first-order valence-electron chi connectivity index (χ1n) is 10.8. The summed E-state index contributed by atoms with van der Waals surface area (Å²) in [6.45, 7) is 8.40. The van der Waals surface area contributed by atoms with Crippen LogP contribution in [-0.2, 0) is 14.3 Å². The van der Waals surface area contributed by atoms with E-state index in [0.717, 1.165) is 25.7 Å². The van der Waals surface area contributed by atoms with Crippen LogP contribution in [0, 0.1) is 17.8 Å². The van der Waals surface area contributed by atoms with Crippen LogP contribution >= 0.6 is 0 Å². The maximum atomic E-state index is 12.6. The number of unbranched alkanes of at least 4 members (excludes halogenated alkanes) is 2. The molecule has 0 radical (unpaired) electrons. The first-order chi connectivity index (χ1) is 12.3. The number of carboxylic acids is 1. The third-order valence-electron chi connectivity index (χ3n) is 5.83. The van der Waals surface area contributed by atoms with Gasteiger partial charge in [0, 0.05) is 0 Å². The first kappa shape index (κ1) is 23.0. The Kier molecular flexibility index (Phi) is 10.3. The molecule has 0 aliphatic heterocycles. The summed E-state index contributed by atoms with van der Waals surface area (Å²) >= 11 is 0. The monoisotopic (exact) mass is 368 g/mol. The van der Waals surface area contributed by atoms with Gasteiger partial charge in [-0.3, -0.25) is 9.59 Å². The molecule has 4 nitrogen and oxygen atoms in total. The highest BCUT2D eigenvalue weighted by Crippen LogP contribution is 2.33. The quantitative estimate of drug-likeness (QED) is 0.340. The van der Waals surface area contributed by atoms with Gasteiger partial charge in [0.25, 0.3) is 0 Å². The van der Waals surface area contributed by atoms with E-state index in [-0.39, 0.29) is 5.97 Å². The van der Waals surface area contributed by atoms with E-state index in [2.05, 4.69) is 13.8 Å². The van der Waals surface area contributed by atoms with E-state index in [1.165, 1.54) is 38.5 Å². The predicted molar refractivity (Wildman–Crippen MR) is 105 cm³/mol. The van der Waals surface area contributed by atoms with Crippen molar-refractivity contribution in [3.8, 4) is 0 Å². The lowest BCUT2D eigenvalue weighted by Gasteiger charge is -2.32. The largest absolute Gasteiger partial charge is 0.481 e. The molecule has 0 bridgehead atoms. The van der Waals surface area contributed by atoms with Crippen LogP contribution in [0.15, 0.2) is 0 Å². The summed E-state index contributed by atoms with van der Waals surface area (Å²) in [5.41, 5.74) is -0.520. The third kappa shape index (κ3) is 8.09. The molecule has 4 heteroatoms.